The molecule has 1 N–H and O–H groups in total. The van der Waals surface area contributed by atoms with E-state index in [0.29, 0.717) is 31.9 Å². The number of hydrogen-bond donors (Lipinski definition) is 1. The number of nitrogens with zero attached hydrogens (tertiary/aromatic N) is 2. The van der Waals surface area contributed by atoms with E-state index >= 15 is 0 Å². The number of furan rings is 1. The van der Waals surface area contributed by atoms with E-state index in [1.165, 1.54) is 6.26 Å². The second-order valence-electron chi connectivity index (χ2n) is 5.82. The molecule has 0 saturated carbocycles. The average molecular weight is 360 g/mol. The molecule has 25 heavy (non-hydrogen) atoms. The molecule has 3 rings (SSSR count). The molecule has 1 aliphatic heterocycles. The van der Waals surface area contributed by atoms with E-state index in [1.54, 1.807) is 28.8 Å². The van der Waals surface area contributed by atoms with Crippen LogP contribution in [0.4, 0.5) is 0 Å². The van der Waals surface area contributed by atoms with Crippen LogP contribution in [0.25, 0.3) is 0 Å². The van der Waals surface area contributed by atoms with Gasteiger partial charge in [-0.3, -0.25) is 14.5 Å². The normalized spacial score (nSPS) is 16.6. The van der Waals surface area contributed by atoms with Crippen LogP contribution in [0.5, 0.6) is 0 Å². The molecule has 1 aromatic carbocycles. The first-order chi connectivity index (χ1) is 12.1. The maximum Gasteiger partial charge on any atom is 0.325 e. The fraction of sp³-hybridized carbons (Fsp3) is 0.333. The zero-order chi connectivity index (χ0) is 17.8. The van der Waals surface area contributed by atoms with Crippen molar-refractivity contribution in [3.05, 3.63) is 54.0 Å². The van der Waals surface area contributed by atoms with Gasteiger partial charge in [-0.15, -0.1) is 11.8 Å². The van der Waals surface area contributed by atoms with Crippen LogP contribution >= 0.6 is 11.8 Å². The first-order valence-electron chi connectivity index (χ1n) is 8.03. The maximum atomic E-state index is 12.3. The number of carbonyl (C=O) groups is 2. The summed E-state index contributed by atoms with van der Waals surface area (Å²) < 4.78 is 5.15. The molecule has 2 aromatic rings. The van der Waals surface area contributed by atoms with Gasteiger partial charge in [0.1, 0.15) is 6.04 Å². The number of aliphatic carboxylic acids is 1. The zero-order valence-corrected chi connectivity index (χ0v) is 14.7. The van der Waals surface area contributed by atoms with Gasteiger partial charge in [0.05, 0.1) is 6.26 Å². The number of amides is 1. The van der Waals surface area contributed by atoms with E-state index in [4.69, 9.17) is 4.42 Å². The molecule has 1 fully saturated rings. The molecule has 132 valence electrons. The largest absolute Gasteiger partial charge is 0.480 e. The van der Waals surface area contributed by atoms with Crippen LogP contribution in [0.15, 0.2) is 52.0 Å². The van der Waals surface area contributed by atoms with E-state index in [9.17, 15) is 14.7 Å². The monoisotopic (exact) mass is 360 g/mol. The minimum absolute atomic E-state index is 0.152. The highest BCUT2D eigenvalue weighted by Crippen LogP contribution is 2.25. The summed E-state index contributed by atoms with van der Waals surface area (Å²) in [5.41, 5.74) is 0.760. The SMILES string of the molecule is CSc1ccc(C(C(=O)O)N2CCN(C(=O)c3ccco3)CC2)cc1. The van der Waals surface area contributed by atoms with Gasteiger partial charge in [-0.05, 0) is 36.1 Å². The lowest BCUT2D eigenvalue weighted by Gasteiger charge is -2.37. The zero-order valence-electron chi connectivity index (χ0n) is 13.9. The minimum Gasteiger partial charge on any atom is -0.480 e. The summed E-state index contributed by atoms with van der Waals surface area (Å²) in [6.45, 7) is 1.97. The first-order valence-corrected chi connectivity index (χ1v) is 9.26. The highest BCUT2D eigenvalue weighted by Gasteiger charge is 2.32. The third-order valence-corrected chi connectivity index (χ3v) is 5.11. The van der Waals surface area contributed by atoms with Crippen LogP contribution in [0.2, 0.25) is 0 Å². The van der Waals surface area contributed by atoms with E-state index < -0.39 is 12.0 Å². The van der Waals surface area contributed by atoms with E-state index in [-0.39, 0.29) is 5.91 Å². The molecule has 6 nitrogen and oxygen atoms in total. The Bertz CT molecular complexity index is 722. The predicted octanol–water partition coefficient (Wildman–Crippen LogP) is 2.59. The van der Waals surface area contributed by atoms with Gasteiger partial charge in [0.2, 0.25) is 0 Å². The lowest BCUT2D eigenvalue weighted by molar-refractivity contribution is -0.144. The summed E-state index contributed by atoms with van der Waals surface area (Å²) in [7, 11) is 0. The lowest BCUT2D eigenvalue weighted by Crippen LogP contribution is -2.51. The van der Waals surface area contributed by atoms with Crippen LogP contribution in [-0.2, 0) is 4.79 Å². The van der Waals surface area contributed by atoms with Crippen molar-refractivity contribution >= 4 is 23.6 Å². The summed E-state index contributed by atoms with van der Waals surface area (Å²) in [6, 6.07) is 10.2. The molecule has 1 saturated heterocycles. The first kappa shape index (κ1) is 17.6. The number of carbonyl (C=O) groups excluding carboxylic acids is 1. The molecule has 0 radical (unpaired) electrons. The van der Waals surface area contributed by atoms with Crippen LogP contribution in [0.3, 0.4) is 0 Å². The summed E-state index contributed by atoms with van der Waals surface area (Å²) >= 11 is 1.62. The van der Waals surface area contributed by atoms with Gasteiger partial charge in [0, 0.05) is 31.1 Å². The standard InChI is InChI=1S/C18H20N2O4S/c1-25-14-6-4-13(5-7-14)16(18(22)23)19-8-10-20(11-9-19)17(21)15-3-2-12-24-15/h2-7,12,16H,8-11H2,1H3,(H,22,23). The molecule has 7 heteroatoms. The highest BCUT2D eigenvalue weighted by molar-refractivity contribution is 7.98. The van der Waals surface area contributed by atoms with Gasteiger partial charge in [0.25, 0.3) is 5.91 Å². The molecule has 0 spiro atoms. The Morgan fingerprint density at radius 3 is 2.32 bits per heavy atom. The lowest BCUT2D eigenvalue weighted by atomic mass is 10.0. The van der Waals surface area contributed by atoms with Crippen molar-refractivity contribution in [3.63, 3.8) is 0 Å². The Kier molecular flexibility index (Phi) is 5.45. The fourth-order valence-corrected chi connectivity index (χ4v) is 3.44. The Morgan fingerprint density at radius 1 is 1.12 bits per heavy atom. The van der Waals surface area contributed by atoms with E-state index in [2.05, 4.69) is 0 Å². The van der Waals surface area contributed by atoms with Crippen molar-refractivity contribution in [2.45, 2.75) is 10.9 Å². The summed E-state index contributed by atoms with van der Waals surface area (Å²) in [5, 5.41) is 9.69. The molecule has 2 heterocycles. The summed E-state index contributed by atoms with van der Waals surface area (Å²) in [6.07, 6.45) is 3.46. The molecule has 1 amide bonds. The Hall–Kier alpha value is -2.25. The maximum absolute atomic E-state index is 12.3. The van der Waals surface area contributed by atoms with Crippen LogP contribution in [0, 0.1) is 0 Å². The van der Waals surface area contributed by atoms with Gasteiger partial charge in [0.15, 0.2) is 5.76 Å². The number of benzene rings is 1. The van der Waals surface area contributed by atoms with Crippen molar-refractivity contribution in [3.8, 4) is 0 Å². The van der Waals surface area contributed by atoms with Crippen molar-refractivity contribution < 1.29 is 19.1 Å². The smallest absolute Gasteiger partial charge is 0.325 e. The molecule has 0 bridgehead atoms. The molecule has 1 aliphatic rings. The second kappa shape index (κ2) is 7.76. The average Bonchev–Trinajstić information content (AvgIpc) is 3.17. The number of hydrogen-bond acceptors (Lipinski definition) is 5. The molecule has 1 aromatic heterocycles. The van der Waals surface area contributed by atoms with Gasteiger partial charge in [-0.25, -0.2) is 0 Å². The Labute approximate surface area is 150 Å². The summed E-state index contributed by atoms with van der Waals surface area (Å²) in [4.78, 5) is 28.8. The van der Waals surface area contributed by atoms with Crippen molar-refractivity contribution in [2.75, 3.05) is 32.4 Å². The number of carboxylic acid groups (broad SMARTS) is 1. The topological polar surface area (TPSA) is 74.0 Å². The van der Waals surface area contributed by atoms with Crippen LogP contribution in [-0.4, -0.2) is 59.2 Å². The Morgan fingerprint density at radius 2 is 1.80 bits per heavy atom. The second-order valence-corrected chi connectivity index (χ2v) is 6.70. The van der Waals surface area contributed by atoms with Crippen LogP contribution < -0.4 is 0 Å². The van der Waals surface area contributed by atoms with E-state index in [1.807, 2.05) is 35.4 Å². The van der Waals surface area contributed by atoms with Crippen LogP contribution in [0.1, 0.15) is 22.2 Å². The molecule has 0 aliphatic carbocycles. The van der Waals surface area contributed by atoms with Gasteiger partial charge in [-0.1, -0.05) is 12.1 Å². The highest BCUT2D eigenvalue weighted by atomic mass is 32.2. The number of rotatable bonds is 5. The number of carboxylic acids is 1. The Balaban J connectivity index is 1.68. The minimum atomic E-state index is -0.872. The fourth-order valence-electron chi connectivity index (χ4n) is 3.04. The van der Waals surface area contributed by atoms with Crippen molar-refractivity contribution in [1.82, 2.24) is 9.80 Å². The number of thioether (sulfide) groups is 1. The quantitative estimate of drug-likeness (QED) is 0.826. The van der Waals surface area contributed by atoms with Gasteiger partial charge in [-0.2, -0.15) is 0 Å². The molecule has 1 unspecified atom stereocenters. The van der Waals surface area contributed by atoms with E-state index in [0.717, 1.165) is 10.5 Å². The van der Waals surface area contributed by atoms with Gasteiger partial charge >= 0.3 is 5.97 Å². The number of piperazine rings is 1. The molecular formula is C18H20N2O4S. The molecular weight excluding hydrogens is 340 g/mol. The third kappa shape index (κ3) is 3.88. The summed E-state index contributed by atoms with van der Waals surface area (Å²) in [5.74, 6) is -0.709. The van der Waals surface area contributed by atoms with Crippen molar-refractivity contribution in [1.29, 1.82) is 0 Å². The predicted molar refractivity (Wildman–Crippen MR) is 94.8 cm³/mol. The third-order valence-electron chi connectivity index (χ3n) is 4.36. The van der Waals surface area contributed by atoms with Gasteiger partial charge < -0.3 is 14.4 Å². The molecule has 1 atom stereocenters. The van der Waals surface area contributed by atoms with Crippen molar-refractivity contribution in [2.24, 2.45) is 0 Å².